The number of thioether (sulfide) groups is 1. The van der Waals surface area contributed by atoms with Gasteiger partial charge in [0.25, 0.3) is 0 Å². The summed E-state index contributed by atoms with van der Waals surface area (Å²) in [6, 6.07) is 10.4. The molecule has 2 aromatic carbocycles. The van der Waals surface area contributed by atoms with Gasteiger partial charge in [0, 0.05) is 17.0 Å². The molecular weight excluding hydrogens is 316 g/mol. The van der Waals surface area contributed by atoms with Crippen molar-refractivity contribution >= 4 is 17.7 Å². The third-order valence-electron chi connectivity index (χ3n) is 3.20. The molecule has 0 radical (unpaired) electrons. The van der Waals surface area contributed by atoms with Crippen LogP contribution in [0.1, 0.15) is 10.4 Å². The lowest BCUT2D eigenvalue weighted by Crippen LogP contribution is -2.11. The molecule has 2 aromatic rings. The van der Waals surface area contributed by atoms with Crippen molar-refractivity contribution in [1.29, 1.82) is 0 Å². The molecule has 0 N–H and O–H groups in total. The average Bonchev–Trinajstić information content (AvgIpc) is 2.60. The van der Waals surface area contributed by atoms with Crippen molar-refractivity contribution in [3.63, 3.8) is 0 Å². The number of esters is 1. The standard InChI is InChI=1S/C17H18O5S/c1-19-14-10-16(21-3)15(20-2)9-13(14)17(18)22-11-5-7-12(23-4)8-6-11/h5-10H,1-4H3. The van der Waals surface area contributed by atoms with Gasteiger partial charge in [-0.3, -0.25) is 0 Å². The van der Waals surface area contributed by atoms with Gasteiger partial charge in [-0.05, 0) is 30.5 Å². The van der Waals surface area contributed by atoms with Crippen LogP contribution >= 0.6 is 11.8 Å². The van der Waals surface area contributed by atoms with E-state index in [-0.39, 0.29) is 5.56 Å². The lowest BCUT2D eigenvalue weighted by molar-refractivity contribution is 0.0730. The van der Waals surface area contributed by atoms with Gasteiger partial charge in [0.1, 0.15) is 17.1 Å². The Morgan fingerprint density at radius 1 is 0.870 bits per heavy atom. The van der Waals surface area contributed by atoms with Crippen molar-refractivity contribution in [2.45, 2.75) is 4.90 Å². The molecule has 122 valence electrons. The summed E-state index contributed by atoms with van der Waals surface area (Å²) in [5.74, 6) is 1.20. The van der Waals surface area contributed by atoms with Crippen molar-refractivity contribution in [3.05, 3.63) is 42.0 Å². The van der Waals surface area contributed by atoms with E-state index in [4.69, 9.17) is 18.9 Å². The fourth-order valence-corrected chi connectivity index (χ4v) is 2.40. The van der Waals surface area contributed by atoms with Gasteiger partial charge in [-0.1, -0.05) is 0 Å². The van der Waals surface area contributed by atoms with Gasteiger partial charge >= 0.3 is 5.97 Å². The van der Waals surface area contributed by atoms with Crippen molar-refractivity contribution in [1.82, 2.24) is 0 Å². The van der Waals surface area contributed by atoms with E-state index < -0.39 is 5.97 Å². The molecule has 23 heavy (non-hydrogen) atoms. The Balaban J connectivity index is 2.29. The zero-order chi connectivity index (χ0) is 16.8. The van der Waals surface area contributed by atoms with E-state index in [1.807, 2.05) is 18.4 Å². The normalized spacial score (nSPS) is 10.1. The first-order valence-electron chi connectivity index (χ1n) is 6.79. The van der Waals surface area contributed by atoms with Gasteiger partial charge in [0.15, 0.2) is 11.5 Å². The predicted octanol–water partition coefficient (Wildman–Crippen LogP) is 3.65. The molecule has 0 saturated heterocycles. The molecule has 0 heterocycles. The summed E-state index contributed by atoms with van der Waals surface area (Å²) in [6.45, 7) is 0. The highest BCUT2D eigenvalue weighted by molar-refractivity contribution is 7.98. The topological polar surface area (TPSA) is 54.0 Å². The van der Waals surface area contributed by atoms with E-state index in [0.29, 0.717) is 23.0 Å². The molecular formula is C17H18O5S. The predicted molar refractivity (Wildman–Crippen MR) is 89.3 cm³/mol. The van der Waals surface area contributed by atoms with Gasteiger partial charge in [-0.2, -0.15) is 0 Å². The van der Waals surface area contributed by atoms with Crippen molar-refractivity contribution in [2.24, 2.45) is 0 Å². The summed E-state index contributed by atoms with van der Waals surface area (Å²) in [4.78, 5) is 13.5. The molecule has 0 fully saturated rings. The highest BCUT2D eigenvalue weighted by atomic mass is 32.2. The molecule has 0 saturated carbocycles. The third-order valence-corrected chi connectivity index (χ3v) is 3.94. The first-order chi connectivity index (χ1) is 11.1. The maximum atomic E-state index is 12.4. The van der Waals surface area contributed by atoms with Crippen LogP contribution in [0.3, 0.4) is 0 Å². The van der Waals surface area contributed by atoms with Crippen LogP contribution in [0.4, 0.5) is 0 Å². The molecule has 0 amide bonds. The third kappa shape index (κ3) is 3.90. The maximum absolute atomic E-state index is 12.4. The summed E-state index contributed by atoms with van der Waals surface area (Å²) < 4.78 is 21.0. The van der Waals surface area contributed by atoms with Crippen LogP contribution in [0.15, 0.2) is 41.3 Å². The lowest BCUT2D eigenvalue weighted by atomic mass is 10.1. The minimum Gasteiger partial charge on any atom is -0.496 e. The summed E-state index contributed by atoms with van der Waals surface area (Å²) in [7, 11) is 4.49. The molecule has 6 heteroatoms. The number of carbonyl (C=O) groups excluding carboxylic acids is 1. The largest absolute Gasteiger partial charge is 0.496 e. The zero-order valence-electron chi connectivity index (χ0n) is 13.4. The Bertz CT molecular complexity index is 682. The Labute approximate surface area is 139 Å². The molecule has 0 aromatic heterocycles. The Hall–Kier alpha value is -2.34. The molecule has 0 aliphatic rings. The van der Waals surface area contributed by atoms with Gasteiger partial charge in [0.05, 0.1) is 21.3 Å². The minimum atomic E-state index is -0.528. The first kappa shape index (κ1) is 17.0. The second-order valence-electron chi connectivity index (χ2n) is 4.47. The Kier molecular flexibility index (Phi) is 5.76. The summed E-state index contributed by atoms with van der Waals surface area (Å²) >= 11 is 1.62. The van der Waals surface area contributed by atoms with Crippen LogP contribution in [0.2, 0.25) is 0 Å². The van der Waals surface area contributed by atoms with Crippen molar-refractivity contribution in [3.8, 4) is 23.0 Å². The van der Waals surface area contributed by atoms with Crippen LogP contribution in [-0.4, -0.2) is 33.6 Å². The Morgan fingerprint density at radius 3 is 1.96 bits per heavy atom. The molecule has 2 rings (SSSR count). The van der Waals surface area contributed by atoms with Crippen LogP contribution < -0.4 is 18.9 Å². The molecule has 5 nitrogen and oxygen atoms in total. The summed E-state index contributed by atoms with van der Waals surface area (Å²) in [5, 5.41) is 0. The number of hydrogen-bond acceptors (Lipinski definition) is 6. The highest BCUT2D eigenvalue weighted by Crippen LogP contribution is 2.35. The summed E-state index contributed by atoms with van der Waals surface area (Å²) in [5.41, 5.74) is 0.263. The van der Waals surface area contributed by atoms with Crippen molar-refractivity contribution in [2.75, 3.05) is 27.6 Å². The lowest BCUT2D eigenvalue weighted by Gasteiger charge is -2.13. The SMILES string of the molecule is COc1cc(OC)c(C(=O)Oc2ccc(SC)cc2)cc1OC. The number of rotatable bonds is 6. The number of benzene rings is 2. The van der Waals surface area contributed by atoms with E-state index in [9.17, 15) is 4.79 Å². The number of carbonyl (C=O) groups is 1. The molecule has 0 spiro atoms. The van der Waals surface area contributed by atoms with Crippen LogP contribution in [0.25, 0.3) is 0 Å². The smallest absolute Gasteiger partial charge is 0.347 e. The average molecular weight is 334 g/mol. The number of ether oxygens (including phenoxy) is 4. The van der Waals surface area contributed by atoms with Gasteiger partial charge in [0.2, 0.25) is 0 Å². The van der Waals surface area contributed by atoms with E-state index in [1.165, 1.54) is 27.4 Å². The highest BCUT2D eigenvalue weighted by Gasteiger charge is 2.19. The van der Waals surface area contributed by atoms with Crippen LogP contribution in [0.5, 0.6) is 23.0 Å². The molecule has 0 atom stereocenters. The summed E-state index contributed by atoms with van der Waals surface area (Å²) in [6.07, 6.45) is 1.98. The van der Waals surface area contributed by atoms with Gasteiger partial charge < -0.3 is 18.9 Å². The van der Waals surface area contributed by atoms with E-state index >= 15 is 0 Å². The fraction of sp³-hybridized carbons (Fsp3) is 0.235. The first-order valence-corrected chi connectivity index (χ1v) is 8.01. The van der Waals surface area contributed by atoms with E-state index in [0.717, 1.165) is 4.90 Å². The number of methoxy groups -OCH3 is 3. The second-order valence-corrected chi connectivity index (χ2v) is 5.35. The fourth-order valence-electron chi connectivity index (χ4n) is 1.99. The van der Waals surface area contributed by atoms with E-state index in [2.05, 4.69) is 0 Å². The Morgan fingerprint density at radius 2 is 1.43 bits per heavy atom. The van der Waals surface area contributed by atoms with Crippen LogP contribution in [0, 0.1) is 0 Å². The molecule has 0 bridgehead atoms. The van der Waals surface area contributed by atoms with Gasteiger partial charge in [-0.15, -0.1) is 11.8 Å². The minimum absolute atomic E-state index is 0.263. The monoisotopic (exact) mass is 334 g/mol. The quantitative estimate of drug-likeness (QED) is 0.456. The van der Waals surface area contributed by atoms with Gasteiger partial charge in [-0.25, -0.2) is 4.79 Å². The van der Waals surface area contributed by atoms with Crippen molar-refractivity contribution < 1.29 is 23.7 Å². The molecule has 0 aliphatic carbocycles. The zero-order valence-corrected chi connectivity index (χ0v) is 14.2. The van der Waals surface area contributed by atoms with Crippen LogP contribution in [-0.2, 0) is 0 Å². The molecule has 0 aliphatic heterocycles. The van der Waals surface area contributed by atoms with E-state index in [1.54, 1.807) is 30.0 Å². The molecule has 0 unspecified atom stereocenters. The second kappa shape index (κ2) is 7.78. The maximum Gasteiger partial charge on any atom is 0.347 e. The number of hydrogen-bond donors (Lipinski definition) is 0.